The van der Waals surface area contributed by atoms with E-state index in [1.165, 1.54) is 82.8 Å². The standard InChI is InChI=1S/C47H77N7O9/c1-2-8-39-13-22-50(23-14-39)28-19-45(57)61-32-5-3-4-6-33-62-46(58)20-29-51-24-15-40(16-25-51)9-7-10-41-17-26-52(27-18-41)30-21-47(59)63-36-35-60-34-31-53-37-42(48-49-53)38-54-43(55)11-12-44(54)56/h11-12,37,39-41H,2-10,13-36,38H2,1H3. The number of likely N-dealkylation sites (tertiary alicyclic amines) is 3. The van der Waals surface area contributed by atoms with E-state index in [1.807, 2.05) is 0 Å². The third-order valence-electron chi connectivity index (χ3n) is 13.3. The summed E-state index contributed by atoms with van der Waals surface area (Å²) in [6.07, 6.45) is 22.9. The van der Waals surface area contributed by atoms with Crippen LogP contribution in [0, 0.1) is 17.8 Å². The molecule has 0 radical (unpaired) electrons. The van der Waals surface area contributed by atoms with Crippen LogP contribution in [0.15, 0.2) is 18.3 Å². The van der Waals surface area contributed by atoms with E-state index in [2.05, 4.69) is 31.9 Å². The van der Waals surface area contributed by atoms with Crippen molar-refractivity contribution in [2.75, 3.05) is 91.9 Å². The first-order valence-electron chi connectivity index (χ1n) is 24.4. The van der Waals surface area contributed by atoms with Crippen LogP contribution in [0.25, 0.3) is 0 Å². The van der Waals surface area contributed by atoms with Gasteiger partial charge in [-0.1, -0.05) is 44.2 Å². The number of carbonyl (C=O) groups is 5. The van der Waals surface area contributed by atoms with Crippen LogP contribution in [-0.4, -0.2) is 156 Å². The fraction of sp³-hybridized carbons (Fsp3) is 0.809. The van der Waals surface area contributed by atoms with Crippen LogP contribution in [-0.2, 0) is 56.0 Å². The van der Waals surface area contributed by atoms with Gasteiger partial charge in [-0.2, -0.15) is 0 Å². The number of ether oxygens (including phenoxy) is 4. The number of aromatic nitrogens is 3. The Morgan fingerprint density at radius 2 is 1.03 bits per heavy atom. The van der Waals surface area contributed by atoms with Gasteiger partial charge in [-0.15, -0.1) is 5.10 Å². The van der Waals surface area contributed by atoms with Crippen LogP contribution in [0.2, 0.25) is 0 Å². The van der Waals surface area contributed by atoms with E-state index in [-0.39, 0.29) is 42.9 Å². The van der Waals surface area contributed by atoms with Gasteiger partial charge in [-0.3, -0.25) is 28.9 Å². The third-order valence-corrected chi connectivity index (χ3v) is 13.3. The van der Waals surface area contributed by atoms with Crippen molar-refractivity contribution in [1.29, 1.82) is 0 Å². The predicted molar refractivity (Wildman–Crippen MR) is 237 cm³/mol. The highest BCUT2D eigenvalue weighted by atomic mass is 16.6. The van der Waals surface area contributed by atoms with Gasteiger partial charge in [0.2, 0.25) is 0 Å². The summed E-state index contributed by atoms with van der Waals surface area (Å²) >= 11 is 0. The van der Waals surface area contributed by atoms with E-state index in [4.69, 9.17) is 18.9 Å². The van der Waals surface area contributed by atoms with Crippen molar-refractivity contribution >= 4 is 29.7 Å². The molecule has 0 saturated carbocycles. The van der Waals surface area contributed by atoms with Crippen molar-refractivity contribution in [3.63, 3.8) is 0 Å². The number of hydrogen-bond acceptors (Lipinski definition) is 14. The molecular weight excluding hydrogens is 807 g/mol. The predicted octanol–water partition coefficient (Wildman–Crippen LogP) is 5.19. The molecule has 1 aromatic rings. The lowest BCUT2D eigenvalue weighted by molar-refractivity contribution is -0.146. The SMILES string of the molecule is CCCC1CCN(CCC(=O)OCCCCCCOC(=O)CCN2CCC(CCCC3CCN(CCC(=O)OCCOCCn4cc(CN5C(=O)C=CC5=O)nn4)CC3)CC2)CC1. The summed E-state index contributed by atoms with van der Waals surface area (Å²) in [5.41, 5.74) is 0.517. The lowest BCUT2D eigenvalue weighted by atomic mass is 9.87. The van der Waals surface area contributed by atoms with Crippen molar-refractivity contribution in [3.05, 3.63) is 24.0 Å². The summed E-state index contributed by atoms with van der Waals surface area (Å²) in [6.45, 7) is 13.3. The monoisotopic (exact) mass is 884 g/mol. The Labute approximate surface area is 375 Å². The largest absolute Gasteiger partial charge is 0.466 e. The molecule has 5 heterocycles. The summed E-state index contributed by atoms with van der Waals surface area (Å²) in [6, 6.07) is 0. The highest BCUT2D eigenvalue weighted by Gasteiger charge is 2.25. The van der Waals surface area contributed by atoms with E-state index >= 15 is 0 Å². The Kier molecular flexibility index (Phi) is 23.1. The number of carbonyl (C=O) groups excluding carboxylic acids is 5. The molecule has 16 nitrogen and oxygen atoms in total. The van der Waals surface area contributed by atoms with Crippen molar-refractivity contribution < 1.29 is 42.9 Å². The molecule has 16 heteroatoms. The molecule has 0 aromatic carbocycles. The summed E-state index contributed by atoms with van der Waals surface area (Å²) < 4.78 is 23.5. The number of imide groups is 1. The maximum absolute atomic E-state index is 12.4. The van der Waals surface area contributed by atoms with Gasteiger partial charge < -0.3 is 33.6 Å². The number of nitrogens with zero attached hydrogens (tertiary/aromatic N) is 7. The maximum Gasteiger partial charge on any atom is 0.307 e. The number of hydrogen-bond donors (Lipinski definition) is 0. The zero-order chi connectivity index (χ0) is 44.5. The Morgan fingerprint density at radius 3 is 1.51 bits per heavy atom. The second kappa shape index (κ2) is 28.9. The average molecular weight is 884 g/mol. The first-order chi connectivity index (χ1) is 30.7. The van der Waals surface area contributed by atoms with Gasteiger partial charge in [0.05, 0.1) is 65.0 Å². The van der Waals surface area contributed by atoms with Gasteiger partial charge >= 0.3 is 17.9 Å². The second-order valence-corrected chi connectivity index (χ2v) is 18.1. The average Bonchev–Trinajstić information content (AvgIpc) is 3.88. The lowest BCUT2D eigenvalue weighted by Crippen LogP contribution is -2.36. The Bertz CT molecular complexity index is 1530. The van der Waals surface area contributed by atoms with E-state index in [0.29, 0.717) is 57.9 Å². The highest BCUT2D eigenvalue weighted by Crippen LogP contribution is 2.28. The number of amides is 2. The molecule has 0 N–H and O–H groups in total. The van der Waals surface area contributed by atoms with Crippen LogP contribution < -0.4 is 0 Å². The molecule has 1 aromatic heterocycles. The summed E-state index contributed by atoms with van der Waals surface area (Å²) in [4.78, 5) is 68.5. The molecule has 354 valence electrons. The van der Waals surface area contributed by atoms with Crippen LogP contribution in [0.3, 0.4) is 0 Å². The van der Waals surface area contributed by atoms with Crippen LogP contribution in [0.5, 0.6) is 0 Å². The van der Waals surface area contributed by atoms with Gasteiger partial charge in [0, 0.05) is 31.8 Å². The maximum atomic E-state index is 12.4. The van der Waals surface area contributed by atoms with E-state index < -0.39 is 0 Å². The van der Waals surface area contributed by atoms with Crippen molar-refractivity contribution in [2.24, 2.45) is 17.8 Å². The molecule has 4 aliphatic heterocycles. The van der Waals surface area contributed by atoms with E-state index in [0.717, 1.165) is 107 Å². The minimum Gasteiger partial charge on any atom is -0.466 e. The summed E-state index contributed by atoms with van der Waals surface area (Å²) in [7, 11) is 0. The van der Waals surface area contributed by atoms with E-state index in [9.17, 15) is 24.0 Å². The smallest absolute Gasteiger partial charge is 0.307 e. The minimum absolute atomic E-state index is 0.0802. The van der Waals surface area contributed by atoms with E-state index in [1.54, 1.807) is 10.9 Å². The molecule has 0 bridgehead atoms. The molecule has 5 rings (SSSR count). The van der Waals surface area contributed by atoms with Gasteiger partial charge in [-0.05, 0) is 121 Å². The number of unbranched alkanes of at least 4 members (excludes halogenated alkanes) is 3. The number of rotatable bonds is 30. The van der Waals surface area contributed by atoms with Crippen LogP contribution >= 0.6 is 0 Å². The Balaban J connectivity index is 0.755. The fourth-order valence-corrected chi connectivity index (χ4v) is 9.24. The molecule has 4 aliphatic rings. The molecule has 63 heavy (non-hydrogen) atoms. The molecule has 0 aliphatic carbocycles. The Morgan fingerprint density at radius 1 is 0.571 bits per heavy atom. The minimum atomic E-state index is -0.357. The molecular formula is C47H77N7O9. The zero-order valence-electron chi connectivity index (χ0n) is 38.3. The molecule has 0 spiro atoms. The van der Waals surface area contributed by atoms with Crippen molar-refractivity contribution in [2.45, 2.75) is 136 Å². The quantitative estimate of drug-likeness (QED) is 0.0429. The topological polar surface area (TPSA) is 166 Å². The second-order valence-electron chi connectivity index (χ2n) is 18.1. The highest BCUT2D eigenvalue weighted by molar-refractivity contribution is 6.12. The van der Waals surface area contributed by atoms with Crippen LogP contribution in [0.1, 0.15) is 128 Å². The molecule has 3 saturated heterocycles. The molecule has 2 amide bonds. The molecule has 0 atom stereocenters. The van der Waals surface area contributed by atoms with Crippen LogP contribution in [0.4, 0.5) is 0 Å². The van der Waals surface area contributed by atoms with Gasteiger partial charge in [0.1, 0.15) is 12.3 Å². The Hall–Kier alpha value is -3.73. The first-order valence-corrected chi connectivity index (χ1v) is 24.4. The molecule has 3 fully saturated rings. The number of piperidine rings is 3. The lowest BCUT2D eigenvalue weighted by Gasteiger charge is -2.33. The van der Waals surface area contributed by atoms with Gasteiger partial charge in [0.25, 0.3) is 11.8 Å². The first kappa shape index (κ1) is 50.3. The summed E-state index contributed by atoms with van der Waals surface area (Å²) in [5.74, 6) is 1.29. The number of esters is 3. The van der Waals surface area contributed by atoms with Gasteiger partial charge in [0.15, 0.2) is 0 Å². The molecule has 0 unspecified atom stereocenters. The van der Waals surface area contributed by atoms with Crippen molar-refractivity contribution in [3.8, 4) is 0 Å². The fourth-order valence-electron chi connectivity index (χ4n) is 9.24. The van der Waals surface area contributed by atoms with Gasteiger partial charge in [-0.25, -0.2) is 4.68 Å². The normalized spacial score (nSPS) is 18.7. The van der Waals surface area contributed by atoms with Crippen molar-refractivity contribution in [1.82, 2.24) is 34.6 Å². The third kappa shape index (κ3) is 19.9. The zero-order valence-corrected chi connectivity index (χ0v) is 38.3. The summed E-state index contributed by atoms with van der Waals surface area (Å²) in [5, 5.41) is 8.01.